The van der Waals surface area contributed by atoms with Crippen molar-refractivity contribution in [2.24, 2.45) is 11.1 Å². The Morgan fingerprint density at radius 1 is 1.41 bits per heavy atom. The molecule has 0 radical (unpaired) electrons. The molecule has 154 valence electrons. The Labute approximate surface area is 167 Å². The lowest BCUT2D eigenvalue weighted by Crippen LogP contribution is -2.35. The topological polar surface area (TPSA) is 105 Å². The predicted octanol–water partition coefficient (Wildman–Crippen LogP) is 0.977. The normalized spacial score (nSPS) is 20.4. The Balaban J connectivity index is 0.00000364. The van der Waals surface area contributed by atoms with Crippen LogP contribution in [0, 0.1) is 5.41 Å². The minimum atomic E-state index is -3.69. The van der Waals surface area contributed by atoms with E-state index in [0.717, 1.165) is 23.8 Å². The number of amides is 1. The van der Waals surface area contributed by atoms with Crippen LogP contribution < -0.4 is 15.8 Å². The van der Waals surface area contributed by atoms with Crippen LogP contribution in [-0.4, -0.2) is 70.9 Å². The van der Waals surface area contributed by atoms with Gasteiger partial charge in [0.2, 0.25) is 15.9 Å². The molecule has 1 amide bonds. The molecule has 0 bridgehead atoms. The quantitative estimate of drug-likeness (QED) is 0.681. The summed E-state index contributed by atoms with van der Waals surface area (Å²) < 4.78 is 31.1. The first-order valence-corrected chi connectivity index (χ1v) is 9.88. The first-order chi connectivity index (χ1) is 12.1. The van der Waals surface area contributed by atoms with E-state index in [0.29, 0.717) is 12.2 Å². The number of likely N-dealkylation sites (tertiary alicyclic amines) is 1. The second-order valence-corrected chi connectivity index (χ2v) is 9.30. The minimum absolute atomic E-state index is 0. The Morgan fingerprint density at radius 3 is 2.59 bits per heavy atom. The van der Waals surface area contributed by atoms with Gasteiger partial charge in [0, 0.05) is 26.3 Å². The number of methoxy groups -OCH3 is 1. The summed E-state index contributed by atoms with van der Waals surface area (Å²) >= 11 is 0. The average Bonchev–Trinajstić information content (AvgIpc) is 2.96. The van der Waals surface area contributed by atoms with Crippen LogP contribution in [0.5, 0.6) is 5.75 Å². The van der Waals surface area contributed by atoms with E-state index in [9.17, 15) is 13.2 Å². The SMILES string of the molecule is COc1ccc(NC(=O)CN2CCC(C)(CN)C2)cc1S(=O)(=O)N(C)C.Cl. The molecule has 0 spiro atoms. The van der Waals surface area contributed by atoms with E-state index in [-0.39, 0.29) is 40.9 Å². The third-order valence-corrected chi connectivity index (χ3v) is 6.54. The monoisotopic (exact) mass is 420 g/mol. The van der Waals surface area contributed by atoms with Crippen molar-refractivity contribution in [1.29, 1.82) is 0 Å². The fourth-order valence-electron chi connectivity index (χ4n) is 2.98. The molecule has 1 heterocycles. The number of benzene rings is 1. The molecule has 2 rings (SSSR count). The largest absolute Gasteiger partial charge is 0.495 e. The van der Waals surface area contributed by atoms with Gasteiger partial charge in [-0.15, -0.1) is 12.4 Å². The van der Waals surface area contributed by atoms with Crippen molar-refractivity contribution in [3.05, 3.63) is 18.2 Å². The number of anilines is 1. The van der Waals surface area contributed by atoms with Gasteiger partial charge < -0.3 is 15.8 Å². The number of hydrogen-bond donors (Lipinski definition) is 2. The zero-order chi connectivity index (χ0) is 19.5. The number of sulfonamides is 1. The number of nitrogens with two attached hydrogens (primary N) is 1. The molecule has 1 saturated heterocycles. The van der Waals surface area contributed by atoms with Crippen molar-refractivity contribution >= 4 is 34.0 Å². The highest BCUT2D eigenvalue weighted by atomic mass is 35.5. The first-order valence-electron chi connectivity index (χ1n) is 8.44. The Morgan fingerprint density at radius 2 is 2.07 bits per heavy atom. The van der Waals surface area contributed by atoms with Crippen LogP contribution in [0.4, 0.5) is 5.69 Å². The summed E-state index contributed by atoms with van der Waals surface area (Å²) in [6.07, 6.45) is 0.963. The van der Waals surface area contributed by atoms with Crippen molar-refractivity contribution in [1.82, 2.24) is 9.21 Å². The molecule has 0 aliphatic carbocycles. The molecule has 8 nitrogen and oxygen atoms in total. The summed E-state index contributed by atoms with van der Waals surface area (Å²) in [5, 5.41) is 2.77. The predicted molar refractivity (Wildman–Crippen MR) is 108 cm³/mol. The Kier molecular flexibility index (Phi) is 8.06. The van der Waals surface area contributed by atoms with Crippen molar-refractivity contribution in [3.63, 3.8) is 0 Å². The molecule has 3 N–H and O–H groups in total. The van der Waals surface area contributed by atoms with E-state index in [1.807, 2.05) is 0 Å². The van der Waals surface area contributed by atoms with Gasteiger partial charge >= 0.3 is 0 Å². The van der Waals surface area contributed by atoms with E-state index in [1.165, 1.54) is 33.3 Å². The lowest BCUT2D eigenvalue weighted by Gasteiger charge is -2.22. The summed E-state index contributed by atoms with van der Waals surface area (Å²) in [6, 6.07) is 4.58. The number of carbonyl (C=O) groups excluding carboxylic acids is 1. The number of hydrogen-bond acceptors (Lipinski definition) is 6. The lowest BCUT2D eigenvalue weighted by atomic mass is 9.90. The van der Waals surface area contributed by atoms with E-state index in [1.54, 1.807) is 6.07 Å². The molecule has 1 aliphatic heterocycles. The second kappa shape index (κ2) is 9.20. The number of nitrogens with one attached hydrogen (secondary N) is 1. The summed E-state index contributed by atoms with van der Waals surface area (Å²) in [4.78, 5) is 14.4. The van der Waals surface area contributed by atoms with Crippen LogP contribution >= 0.6 is 12.4 Å². The van der Waals surface area contributed by atoms with E-state index >= 15 is 0 Å². The third kappa shape index (κ3) is 5.55. The van der Waals surface area contributed by atoms with Gasteiger partial charge in [0.1, 0.15) is 10.6 Å². The maximum Gasteiger partial charge on any atom is 0.246 e. The molecule has 0 aromatic heterocycles. The van der Waals surface area contributed by atoms with Gasteiger partial charge in [-0.25, -0.2) is 12.7 Å². The van der Waals surface area contributed by atoms with Crippen LogP contribution in [0.2, 0.25) is 0 Å². The van der Waals surface area contributed by atoms with Crippen LogP contribution in [-0.2, 0) is 14.8 Å². The van der Waals surface area contributed by atoms with Gasteiger partial charge in [-0.1, -0.05) is 6.92 Å². The van der Waals surface area contributed by atoms with Crippen molar-refractivity contribution in [2.45, 2.75) is 18.2 Å². The second-order valence-electron chi connectivity index (χ2n) is 7.18. The molecular formula is C17H29ClN4O4S. The molecule has 1 aromatic rings. The summed E-state index contributed by atoms with van der Waals surface area (Å²) in [7, 11) is 0.613. The highest BCUT2D eigenvalue weighted by molar-refractivity contribution is 7.89. The van der Waals surface area contributed by atoms with Gasteiger partial charge in [0.05, 0.1) is 13.7 Å². The van der Waals surface area contributed by atoms with Gasteiger partial charge in [0.15, 0.2) is 0 Å². The molecule has 1 atom stereocenters. The third-order valence-electron chi connectivity index (χ3n) is 4.70. The van der Waals surface area contributed by atoms with Crippen LogP contribution in [0.3, 0.4) is 0 Å². The molecule has 1 aliphatic rings. The average molecular weight is 421 g/mol. The number of carbonyl (C=O) groups is 1. The Hall–Kier alpha value is -1.39. The van der Waals surface area contributed by atoms with E-state index < -0.39 is 10.0 Å². The summed E-state index contributed by atoms with van der Waals surface area (Å²) in [6.45, 7) is 4.56. The maximum atomic E-state index is 12.4. The molecule has 27 heavy (non-hydrogen) atoms. The summed E-state index contributed by atoms with van der Waals surface area (Å²) in [5.41, 5.74) is 6.26. The first kappa shape index (κ1) is 23.6. The van der Waals surface area contributed by atoms with Gasteiger partial charge in [-0.3, -0.25) is 9.69 Å². The number of halogens is 1. The van der Waals surface area contributed by atoms with Gasteiger partial charge in [-0.05, 0) is 43.1 Å². The van der Waals surface area contributed by atoms with Gasteiger partial charge in [0.25, 0.3) is 0 Å². The fraction of sp³-hybridized carbons (Fsp3) is 0.588. The lowest BCUT2D eigenvalue weighted by molar-refractivity contribution is -0.117. The van der Waals surface area contributed by atoms with Crippen LogP contribution in [0.25, 0.3) is 0 Å². The smallest absolute Gasteiger partial charge is 0.246 e. The number of nitrogens with zero attached hydrogens (tertiary/aromatic N) is 2. The number of rotatable bonds is 7. The summed E-state index contributed by atoms with van der Waals surface area (Å²) in [5.74, 6) is 0.0413. The van der Waals surface area contributed by atoms with Gasteiger partial charge in [-0.2, -0.15) is 0 Å². The van der Waals surface area contributed by atoms with Crippen LogP contribution in [0.1, 0.15) is 13.3 Å². The molecule has 1 aromatic carbocycles. The van der Waals surface area contributed by atoms with Crippen LogP contribution in [0.15, 0.2) is 23.1 Å². The molecule has 1 fully saturated rings. The van der Waals surface area contributed by atoms with Crippen molar-refractivity contribution in [3.8, 4) is 5.75 Å². The van der Waals surface area contributed by atoms with Crippen molar-refractivity contribution < 1.29 is 17.9 Å². The zero-order valence-corrected chi connectivity index (χ0v) is 17.8. The number of ether oxygens (including phenoxy) is 1. The molecule has 0 saturated carbocycles. The Bertz CT molecular complexity index is 772. The standard InChI is InChI=1S/C17H28N4O4S.ClH/c1-17(11-18)7-8-21(12-17)10-16(22)19-13-5-6-14(25-4)15(9-13)26(23,24)20(2)3;/h5-6,9H,7-8,10-12,18H2,1-4H3,(H,19,22);1H. The fourth-order valence-corrected chi connectivity index (χ4v) is 4.06. The highest BCUT2D eigenvalue weighted by Gasteiger charge is 2.33. The molecular weight excluding hydrogens is 392 g/mol. The highest BCUT2D eigenvalue weighted by Crippen LogP contribution is 2.30. The van der Waals surface area contributed by atoms with E-state index in [2.05, 4.69) is 17.1 Å². The zero-order valence-electron chi connectivity index (χ0n) is 16.2. The minimum Gasteiger partial charge on any atom is -0.495 e. The van der Waals surface area contributed by atoms with E-state index in [4.69, 9.17) is 10.5 Å². The maximum absolute atomic E-state index is 12.4. The molecule has 1 unspecified atom stereocenters. The van der Waals surface area contributed by atoms with Crippen molar-refractivity contribution in [2.75, 3.05) is 52.7 Å². The molecule has 10 heteroatoms.